The molecule has 0 saturated carbocycles. The zero-order chi connectivity index (χ0) is 15.9. The van der Waals surface area contributed by atoms with E-state index in [9.17, 15) is 9.59 Å². The Bertz CT molecular complexity index is 653. The molecule has 0 heterocycles. The molecule has 5 nitrogen and oxygen atoms in total. The van der Waals surface area contributed by atoms with Crippen molar-refractivity contribution in [3.8, 4) is 5.75 Å². The van der Waals surface area contributed by atoms with Gasteiger partial charge in [0.2, 0.25) is 0 Å². The first-order valence-electron chi connectivity index (χ1n) is 6.56. The van der Waals surface area contributed by atoms with Gasteiger partial charge in [-0.2, -0.15) is 0 Å². The smallest absolute Gasteiger partial charge is 0.404 e. The van der Waals surface area contributed by atoms with E-state index in [2.05, 4.69) is 5.32 Å². The minimum absolute atomic E-state index is 0.101. The number of halogens is 1. The molecule has 0 aromatic heterocycles. The van der Waals surface area contributed by atoms with Crippen molar-refractivity contribution in [1.82, 2.24) is 5.32 Å². The molecule has 2 aromatic rings. The van der Waals surface area contributed by atoms with Crippen LogP contribution in [0.4, 0.5) is 4.79 Å². The van der Waals surface area contributed by atoms with Crippen LogP contribution in [0.2, 0.25) is 5.02 Å². The third-order valence-corrected chi connectivity index (χ3v) is 3.12. The molecular formula is C16H14ClNO4. The van der Waals surface area contributed by atoms with Gasteiger partial charge in [0.25, 0.3) is 0 Å². The van der Waals surface area contributed by atoms with Crippen molar-refractivity contribution >= 4 is 23.5 Å². The quantitative estimate of drug-likeness (QED) is 0.633. The summed E-state index contributed by atoms with van der Waals surface area (Å²) in [7, 11) is 0. The predicted molar refractivity (Wildman–Crippen MR) is 82.8 cm³/mol. The molecule has 114 valence electrons. The van der Waals surface area contributed by atoms with Crippen LogP contribution in [-0.4, -0.2) is 30.1 Å². The predicted octanol–water partition coefficient (Wildman–Crippen LogP) is 3.22. The molecule has 1 amide bonds. The monoisotopic (exact) mass is 319 g/mol. The molecular weight excluding hydrogens is 306 g/mol. The lowest BCUT2D eigenvalue weighted by Gasteiger charge is -2.07. The second kappa shape index (κ2) is 7.47. The Labute approximate surface area is 132 Å². The van der Waals surface area contributed by atoms with E-state index < -0.39 is 6.09 Å². The number of carbonyl (C=O) groups is 2. The molecule has 0 spiro atoms. The van der Waals surface area contributed by atoms with Crippen LogP contribution in [0.15, 0.2) is 48.5 Å². The van der Waals surface area contributed by atoms with E-state index >= 15 is 0 Å². The Balaban J connectivity index is 1.95. The molecule has 0 aliphatic rings. The van der Waals surface area contributed by atoms with Crippen molar-refractivity contribution in [3.05, 3.63) is 64.7 Å². The van der Waals surface area contributed by atoms with Crippen molar-refractivity contribution in [2.24, 2.45) is 0 Å². The Kier molecular flexibility index (Phi) is 5.38. The topological polar surface area (TPSA) is 75.6 Å². The van der Waals surface area contributed by atoms with Crippen molar-refractivity contribution in [1.29, 1.82) is 0 Å². The SMILES string of the molecule is O=C(O)NCCOc1ccc(C(=O)c2ccc(Cl)cc2)cc1. The lowest BCUT2D eigenvalue weighted by Crippen LogP contribution is -2.26. The van der Waals surface area contributed by atoms with E-state index in [1.54, 1.807) is 48.5 Å². The Morgan fingerprint density at radius 2 is 1.55 bits per heavy atom. The summed E-state index contributed by atoms with van der Waals surface area (Å²) in [5.74, 6) is 0.468. The molecule has 0 bridgehead atoms. The lowest BCUT2D eigenvalue weighted by atomic mass is 10.0. The van der Waals surface area contributed by atoms with Gasteiger partial charge in [-0.3, -0.25) is 4.79 Å². The molecule has 2 N–H and O–H groups in total. The second-order valence-corrected chi connectivity index (χ2v) is 4.88. The molecule has 0 radical (unpaired) electrons. The molecule has 0 fully saturated rings. The number of nitrogens with one attached hydrogen (secondary N) is 1. The normalized spacial score (nSPS) is 10.0. The molecule has 22 heavy (non-hydrogen) atoms. The highest BCUT2D eigenvalue weighted by atomic mass is 35.5. The maximum Gasteiger partial charge on any atom is 0.404 e. The summed E-state index contributed by atoms with van der Waals surface area (Å²) in [6.07, 6.45) is -1.09. The van der Waals surface area contributed by atoms with Crippen molar-refractivity contribution in [2.45, 2.75) is 0 Å². The first-order valence-corrected chi connectivity index (χ1v) is 6.94. The highest BCUT2D eigenvalue weighted by Gasteiger charge is 2.09. The van der Waals surface area contributed by atoms with Gasteiger partial charge in [0.15, 0.2) is 5.78 Å². The molecule has 0 unspecified atom stereocenters. The fourth-order valence-corrected chi connectivity index (χ4v) is 1.92. The van der Waals surface area contributed by atoms with E-state index in [0.29, 0.717) is 21.9 Å². The van der Waals surface area contributed by atoms with Crippen molar-refractivity contribution in [2.75, 3.05) is 13.2 Å². The maximum atomic E-state index is 12.2. The number of ketones is 1. The summed E-state index contributed by atoms with van der Waals surface area (Å²) in [5.41, 5.74) is 1.10. The molecule has 0 atom stereocenters. The van der Waals surface area contributed by atoms with Gasteiger partial charge in [0.1, 0.15) is 12.4 Å². The molecule has 2 rings (SSSR count). The third kappa shape index (κ3) is 4.49. The highest BCUT2D eigenvalue weighted by Crippen LogP contribution is 2.17. The number of hydrogen-bond donors (Lipinski definition) is 2. The van der Waals surface area contributed by atoms with Gasteiger partial charge in [0, 0.05) is 16.1 Å². The minimum Gasteiger partial charge on any atom is -0.492 e. The van der Waals surface area contributed by atoms with E-state index in [4.69, 9.17) is 21.4 Å². The number of benzene rings is 2. The van der Waals surface area contributed by atoms with E-state index in [1.165, 1.54) is 0 Å². The molecule has 0 aliphatic carbocycles. The fourth-order valence-electron chi connectivity index (χ4n) is 1.80. The Morgan fingerprint density at radius 3 is 2.09 bits per heavy atom. The number of rotatable bonds is 6. The van der Waals surface area contributed by atoms with Crippen LogP contribution in [0.25, 0.3) is 0 Å². The summed E-state index contributed by atoms with van der Waals surface area (Å²) in [4.78, 5) is 22.5. The summed E-state index contributed by atoms with van der Waals surface area (Å²) >= 11 is 5.79. The Hall–Kier alpha value is -2.53. The first-order chi connectivity index (χ1) is 10.6. The van der Waals surface area contributed by atoms with Crippen LogP contribution in [0.3, 0.4) is 0 Å². The average Bonchev–Trinajstić information content (AvgIpc) is 2.52. The minimum atomic E-state index is -1.09. The number of carbonyl (C=O) groups excluding carboxylic acids is 1. The summed E-state index contributed by atoms with van der Waals surface area (Å²) in [6, 6.07) is 13.4. The number of ether oxygens (including phenoxy) is 1. The van der Waals surface area contributed by atoms with Crippen molar-refractivity contribution in [3.63, 3.8) is 0 Å². The van der Waals surface area contributed by atoms with Crippen LogP contribution in [-0.2, 0) is 0 Å². The van der Waals surface area contributed by atoms with E-state index in [0.717, 1.165) is 0 Å². The standard InChI is InChI=1S/C16H14ClNO4/c17-13-5-1-11(2-6-13)15(19)12-3-7-14(8-4-12)22-10-9-18-16(20)21/h1-8,18H,9-10H2,(H,20,21). The maximum absolute atomic E-state index is 12.2. The number of hydrogen-bond acceptors (Lipinski definition) is 3. The summed E-state index contributed by atoms with van der Waals surface area (Å²) in [6.45, 7) is 0.414. The zero-order valence-corrected chi connectivity index (χ0v) is 12.3. The largest absolute Gasteiger partial charge is 0.492 e. The van der Waals surface area contributed by atoms with Crippen LogP contribution in [0, 0.1) is 0 Å². The van der Waals surface area contributed by atoms with Crippen LogP contribution >= 0.6 is 11.6 Å². The summed E-state index contributed by atoms with van der Waals surface area (Å²) < 4.78 is 5.36. The summed E-state index contributed by atoms with van der Waals surface area (Å²) in [5, 5.41) is 11.2. The number of carboxylic acid groups (broad SMARTS) is 1. The third-order valence-electron chi connectivity index (χ3n) is 2.87. The van der Waals surface area contributed by atoms with Gasteiger partial charge in [-0.15, -0.1) is 0 Å². The van der Waals surface area contributed by atoms with Gasteiger partial charge in [0.05, 0.1) is 6.54 Å². The van der Waals surface area contributed by atoms with E-state index in [1.807, 2.05) is 0 Å². The van der Waals surface area contributed by atoms with Gasteiger partial charge in [-0.1, -0.05) is 11.6 Å². The molecule has 0 saturated heterocycles. The van der Waals surface area contributed by atoms with Crippen LogP contribution < -0.4 is 10.1 Å². The van der Waals surface area contributed by atoms with Crippen molar-refractivity contribution < 1.29 is 19.4 Å². The van der Waals surface area contributed by atoms with Crippen LogP contribution in [0.5, 0.6) is 5.75 Å². The average molecular weight is 320 g/mol. The van der Waals surface area contributed by atoms with Gasteiger partial charge >= 0.3 is 6.09 Å². The number of amides is 1. The molecule has 0 aliphatic heterocycles. The van der Waals surface area contributed by atoms with Gasteiger partial charge in [-0.05, 0) is 48.5 Å². The molecule has 2 aromatic carbocycles. The van der Waals surface area contributed by atoms with Gasteiger partial charge in [-0.25, -0.2) is 4.79 Å². The van der Waals surface area contributed by atoms with Crippen LogP contribution in [0.1, 0.15) is 15.9 Å². The lowest BCUT2D eigenvalue weighted by molar-refractivity contribution is 0.103. The highest BCUT2D eigenvalue weighted by molar-refractivity contribution is 6.30. The second-order valence-electron chi connectivity index (χ2n) is 4.44. The van der Waals surface area contributed by atoms with E-state index in [-0.39, 0.29) is 18.9 Å². The molecule has 6 heteroatoms. The van der Waals surface area contributed by atoms with Gasteiger partial charge < -0.3 is 15.2 Å². The Morgan fingerprint density at radius 1 is 1.00 bits per heavy atom. The first kappa shape index (κ1) is 15.9. The zero-order valence-electron chi connectivity index (χ0n) is 11.6. The fraction of sp³-hybridized carbons (Fsp3) is 0.125.